The fourth-order valence-electron chi connectivity index (χ4n) is 3.94. The van der Waals surface area contributed by atoms with Gasteiger partial charge in [-0.1, -0.05) is 60.3 Å². The van der Waals surface area contributed by atoms with Crippen LogP contribution in [0.25, 0.3) is 0 Å². The van der Waals surface area contributed by atoms with Crippen LogP contribution in [-0.2, 0) is 25.7 Å². The van der Waals surface area contributed by atoms with E-state index in [0.29, 0.717) is 35.3 Å². The Kier molecular flexibility index (Phi) is 7.99. The van der Waals surface area contributed by atoms with E-state index in [1.807, 2.05) is 35.7 Å². The standard InChI is InChI=1S/C26H26FN3O4S/c1-17-23(25(32)34-15-18-8-4-3-5-9-18)24(20-10-6-7-11-21(20)27)30-19(16-35-26(30)29-17)14-22(31)28-12-13-33-2/h3-11,16,24H,12-15H2,1-2H3,(H,28,31)/t24-/m0/s1. The van der Waals surface area contributed by atoms with Crippen LogP contribution in [0.4, 0.5) is 4.39 Å². The molecule has 2 aliphatic rings. The van der Waals surface area contributed by atoms with Gasteiger partial charge in [0.25, 0.3) is 0 Å². The molecule has 0 fully saturated rings. The van der Waals surface area contributed by atoms with Crippen LogP contribution in [0.2, 0.25) is 0 Å². The van der Waals surface area contributed by atoms with E-state index in [-0.39, 0.29) is 24.5 Å². The number of fused-ring (bicyclic) bond motifs is 1. The average molecular weight is 496 g/mol. The van der Waals surface area contributed by atoms with E-state index in [1.165, 1.54) is 17.8 Å². The molecule has 1 atom stereocenters. The molecule has 2 aromatic carbocycles. The van der Waals surface area contributed by atoms with Gasteiger partial charge in [0.15, 0.2) is 5.17 Å². The first-order valence-electron chi connectivity index (χ1n) is 11.1. The largest absolute Gasteiger partial charge is 0.457 e. The molecule has 182 valence electrons. The number of nitrogens with one attached hydrogen (secondary N) is 1. The zero-order valence-electron chi connectivity index (χ0n) is 19.5. The van der Waals surface area contributed by atoms with Crippen LogP contribution < -0.4 is 5.32 Å². The molecular formula is C26H26FN3O4S. The maximum absolute atomic E-state index is 15.1. The first-order valence-corrected chi connectivity index (χ1v) is 12.0. The lowest BCUT2D eigenvalue weighted by atomic mass is 9.93. The Balaban J connectivity index is 1.64. The summed E-state index contributed by atoms with van der Waals surface area (Å²) < 4.78 is 25.7. The third kappa shape index (κ3) is 5.63. The van der Waals surface area contributed by atoms with E-state index in [0.717, 1.165) is 5.56 Å². The first-order chi connectivity index (χ1) is 17.0. The third-order valence-corrected chi connectivity index (χ3v) is 6.49. The van der Waals surface area contributed by atoms with Crippen molar-refractivity contribution >= 4 is 28.8 Å². The molecule has 0 saturated heterocycles. The second kappa shape index (κ2) is 11.3. The van der Waals surface area contributed by atoms with Crippen molar-refractivity contribution in [3.05, 3.63) is 93.9 Å². The predicted molar refractivity (Wildman–Crippen MR) is 133 cm³/mol. The van der Waals surface area contributed by atoms with Crippen molar-refractivity contribution in [1.82, 2.24) is 10.2 Å². The fraction of sp³-hybridized carbons (Fsp3) is 0.269. The Morgan fingerprint density at radius 3 is 2.63 bits per heavy atom. The summed E-state index contributed by atoms with van der Waals surface area (Å²) in [6.45, 7) is 2.57. The maximum atomic E-state index is 15.1. The maximum Gasteiger partial charge on any atom is 0.338 e. The van der Waals surface area contributed by atoms with Gasteiger partial charge in [0.1, 0.15) is 12.4 Å². The van der Waals surface area contributed by atoms with Gasteiger partial charge in [0.2, 0.25) is 5.91 Å². The number of aliphatic imine (C=N–C) groups is 1. The average Bonchev–Trinajstić information content (AvgIpc) is 3.24. The van der Waals surface area contributed by atoms with Gasteiger partial charge in [-0.3, -0.25) is 4.79 Å². The Morgan fingerprint density at radius 1 is 1.14 bits per heavy atom. The van der Waals surface area contributed by atoms with Gasteiger partial charge >= 0.3 is 5.97 Å². The summed E-state index contributed by atoms with van der Waals surface area (Å²) in [6, 6.07) is 14.8. The Hall–Kier alpha value is -3.43. The topological polar surface area (TPSA) is 80.2 Å². The van der Waals surface area contributed by atoms with Crippen LogP contribution in [-0.4, -0.2) is 42.2 Å². The van der Waals surface area contributed by atoms with Gasteiger partial charge in [-0.2, -0.15) is 0 Å². The molecule has 0 aromatic heterocycles. The number of thioether (sulfide) groups is 1. The van der Waals surface area contributed by atoms with E-state index in [1.54, 1.807) is 37.1 Å². The molecule has 0 spiro atoms. The van der Waals surface area contributed by atoms with Crippen molar-refractivity contribution in [3.63, 3.8) is 0 Å². The molecule has 0 unspecified atom stereocenters. The lowest BCUT2D eigenvalue weighted by Crippen LogP contribution is -2.38. The van der Waals surface area contributed by atoms with Crippen LogP contribution in [0.3, 0.4) is 0 Å². The number of benzene rings is 2. The Bertz CT molecular complexity index is 1200. The number of amides is 1. The molecule has 35 heavy (non-hydrogen) atoms. The van der Waals surface area contributed by atoms with Gasteiger partial charge in [-0.05, 0) is 24.0 Å². The van der Waals surface area contributed by atoms with Crippen LogP contribution in [0, 0.1) is 5.82 Å². The number of nitrogens with zero attached hydrogens (tertiary/aromatic N) is 2. The minimum absolute atomic E-state index is 0.0477. The molecule has 4 rings (SSSR count). The minimum atomic E-state index is -0.819. The summed E-state index contributed by atoms with van der Waals surface area (Å²) in [5.74, 6) is -1.24. The van der Waals surface area contributed by atoms with Crippen LogP contribution in [0.5, 0.6) is 0 Å². The molecule has 1 amide bonds. The number of amidine groups is 1. The molecule has 7 nitrogen and oxygen atoms in total. The summed E-state index contributed by atoms with van der Waals surface area (Å²) in [6.07, 6.45) is 0.0477. The van der Waals surface area contributed by atoms with Crippen LogP contribution >= 0.6 is 11.8 Å². The predicted octanol–water partition coefficient (Wildman–Crippen LogP) is 4.30. The molecule has 2 aliphatic heterocycles. The smallest absolute Gasteiger partial charge is 0.338 e. The number of ether oxygens (including phenoxy) is 2. The van der Waals surface area contributed by atoms with Crippen molar-refractivity contribution in [3.8, 4) is 0 Å². The SMILES string of the molecule is COCCNC(=O)CC1=CSC2=NC(C)=C(C(=O)OCc3ccccc3)[C@H](c3ccccc3F)N12. The highest BCUT2D eigenvalue weighted by molar-refractivity contribution is 8.16. The zero-order valence-corrected chi connectivity index (χ0v) is 20.3. The zero-order chi connectivity index (χ0) is 24.8. The summed E-state index contributed by atoms with van der Waals surface area (Å²) in [5, 5.41) is 5.19. The van der Waals surface area contributed by atoms with Crippen molar-refractivity contribution in [2.24, 2.45) is 4.99 Å². The second-order valence-electron chi connectivity index (χ2n) is 8.00. The van der Waals surface area contributed by atoms with Crippen molar-refractivity contribution < 1.29 is 23.5 Å². The summed E-state index contributed by atoms with van der Waals surface area (Å²) in [4.78, 5) is 32.2. The normalized spacial score (nSPS) is 17.0. The fourth-order valence-corrected chi connectivity index (χ4v) is 4.91. The number of carbonyl (C=O) groups excluding carboxylic acids is 2. The van der Waals surface area contributed by atoms with Crippen LogP contribution in [0.15, 0.2) is 82.0 Å². The number of hydrogen-bond donors (Lipinski definition) is 1. The summed E-state index contributed by atoms with van der Waals surface area (Å²) in [7, 11) is 1.56. The van der Waals surface area contributed by atoms with E-state index >= 15 is 4.39 Å². The number of hydrogen-bond acceptors (Lipinski definition) is 7. The van der Waals surface area contributed by atoms with E-state index < -0.39 is 17.8 Å². The lowest BCUT2D eigenvalue weighted by Gasteiger charge is -2.36. The van der Waals surface area contributed by atoms with Gasteiger partial charge < -0.3 is 19.7 Å². The number of rotatable bonds is 9. The molecular weight excluding hydrogens is 469 g/mol. The lowest BCUT2D eigenvalue weighted by molar-refractivity contribution is -0.141. The quantitative estimate of drug-likeness (QED) is 0.413. The van der Waals surface area contributed by atoms with E-state index in [9.17, 15) is 9.59 Å². The van der Waals surface area contributed by atoms with Gasteiger partial charge in [0.05, 0.1) is 30.3 Å². The molecule has 1 N–H and O–H groups in total. The van der Waals surface area contributed by atoms with Crippen molar-refractivity contribution in [2.45, 2.75) is 26.0 Å². The number of methoxy groups -OCH3 is 1. The van der Waals surface area contributed by atoms with Gasteiger partial charge in [-0.15, -0.1) is 0 Å². The number of esters is 1. The summed E-state index contributed by atoms with van der Waals surface area (Å²) in [5.41, 5.74) is 2.46. The summed E-state index contributed by atoms with van der Waals surface area (Å²) >= 11 is 1.34. The molecule has 0 bridgehead atoms. The Labute approximate surface area is 207 Å². The molecule has 0 aliphatic carbocycles. The van der Waals surface area contributed by atoms with Crippen molar-refractivity contribution in [2.75, 3.05) is 20.3 Å². The number of allylic oxidation sites excluding steroid dienone is 1. The second-order valence-corrected chi connectivity index (χ2v) is 8.83. The molecule has 2 heterocycles. The Morgan fingerprint density at radius 2 is 1.89 bits per heavy atom. The molecule has 9 heteroatoms. The highest BCUT2D eigenvalue weighted by atomic mass is 32.2. The highest BCUT2D eigenvalue weighted by Gasteiger charge is 2.42. The molecule has 2 aromatic rings. The molecule has 0 saturated carbocycles. The molecule has 0 radical (unpaired) electrons. The van der Waals surface area contributed by atoms with Crippen LogP contribution in [0.1, 0.15) is 30.5 Å². The first kappa shape index (κ1) is 24.7. The van der Waals surface area contributed by atoms with Gasteiger partial charge in [-0.25, -0.2) is 14.2 Å². The highest BCUT2D eigenvalue weighted by Crippen LogP contribution is 2.45. The minimum Gasteiger partial charge on any atom is -0.457 e. The monoisotopic (exact) mass is 495 g/mol. The number of carbonyl (C=O) groups is 2. The van der Waals surface area contributed by atoms with E-state index in [2.05, 4.69) is 10.3 Å². The number of halogens is 1. The van der Waals surface area contributed by atoms with Crippen molar-refractivity contribution in [1.29, 1.82) is 0 Å². The van der Waals surface area contributed by atoms with Gasteiger partial charge in [0, 0.05) is 24.9 Å². The third-order valence-electron chi connectivity index (χ3n) is 5.60. The van der Waals surface area contributed by atoms with E-state index in [4.69, 9.17) is 9.47 Å².